The normalized spacial score (nSPS) is 16.0. The highest BCUT2D eigenvalue weighted by Gasteiger charge is 2.33. The second-order valence-corrected chi connectivity index (χ2v) is 8.06. The van der Waals surface area contributed by atoms with Crippen LogP contribution in [0.2, 0.25) is 0 Å². The topological polar surface area (TPSA) is 55.2 Å². The zero-order valence-electron chi connectivity index (χ0n) is 13.5. The van der Waals surface area contributed by atoms with E-state index in [-0.39, 0.29) is 11.4 Å². The number of aromatic nitrogens is 2. The molecule has 0 spiro atoms. The van der Waals surface area contributed by atoms with Gasteiger partial charge in [0.2, 0.25) is 0 Å². The summed E-state index contributed by atoms with van der Waals surface area (Å²) >= 11 is 0. The van der Waals surface area contributed by atoms with Crippen molar-refractivity contribution in [2.75, 3.05) is 6.26 Å². The van der Waals surface area contributed by atoms with Gasteiger partial charge in [0.25, 0.3) is 0 Å². The van der Waals surface area contributed by atoms with E-state index in [4.69, 9.17) is 0 Å². The van der Waals surface area contributed by atoms with E-state index in [2.05, 4.69) is 14.3 Å². The summed E-state index contributed by atoms with van der Waals surface area (Å²) in [5.74, 6) is -0.376. The molecule has 0 saturated heterocycles. The maximum atomic E-state index is 12.8. The number of pyridine rings is 2. The van der Waals surface area contributed by atoms with Gasteiger partial charge in [-0.15, -0.1) is 0 Å². The van der Waals surface area contributed by atoms with Crippen molar-refractivity contribution in [2.45, 2.75) is 24.5 Å². The van der Waals surface area contributed by atoms with Crippen LogP contribution in [-0.2, 0) is 22.1 Å². The molecule has 0 bridgehead atoms. The van der Waals surface area contributed by atoms with Crippen LogP contribution < -0.4 is 0 Å². The summed E-state index contributed by atoms with van der Waals surface area (Å²) < 4.78 is 92.2. The van der Waals surface area contributed by atoms with Crippen LogP contribution in [0.15, 0.2) is 40.9 Å². The van der Waals surface area contributed by atoms with Crippen molar-refractivity contribution < 1.29 is 30.6 Å². The second-order valence-electron chi connectivity index (χ2n) is 5.45. The zero-order valence-corrected chi connectivity index (χ0v) is 14.3. The van der Waals surface area contributed by atoms with E-state index in [0.717, 1.165) is 36.5 Å². The molecular formula is C15H13F6N3OS. The Morgan fingerprint density at radius 2 is 1.62 bits per heavy atom. The van der Waals surface area contributed by atoms with E-state index in [0.29, 0.717) is 0 Å². The molecule has 4 nitrogen and oxygen atoms in total. The van der Waals surface area contributed by atoms with Crippen LogP contribution in [0.5, 0.6) is 0 Å². The number of nitrogens with zero attached hydrogens (tertiary/aromatic N) is 3. The fraction of sp³-hybridized carbons (Fsp3) is 0.333. The molecule has 11 heteroatoms. The minimum atomic E-state index is -4.68. The molecule has 26 heavy (non-hydrogen) atoms. The van der Waals surface area contributed by atoms with Crippen molar-refractivity contribution in [3.63, 3.8) is 0 Å². The van der Waals surface area contributed by atoms with E-state index in [1.807, 2.05) is 0 Å². The summed E-state index contributed by atoms with van der Waals surface area (Å²) in [5, 5.41) is -0.881. The monoisotopic (exact) mass is 397 g/mol. The van der Waals surface area contributed by atoms with Gasteiger partial charge in [-0.2, -0.15) is 30.7 Å². The Kier molecular flexibility index (Phi) is 5.31. The summed E-state index contributed by atoms with van der Waals surface area (Å²) in [6.07, 6.45) is -7.17. The lowest BCUT2D eigenvalue weighted by molar-refractivity contribution is -0.141. The zero-order chi connectivity index (χ0) is 19.8. The largest absolute Gasteiger partial charge is 0.433 e. The van der Waals surface area contributed by atoms with Crippen LogP contribution in [0.3, 0.4) is 0 Å². The third kappa shape index (κ3) is 4.71. The van der Waals surface area contributed by atoms with Crippen LogP contribution in [-0.4, -0.2) is 20.4 Å². The molecule has 0 aliphatic carbocycles. The van der Waals surface area contributed by atoms with Crippen LogP contribution in [0.1, 0.15) is 29.1 Å². The van der Waals surface area contributed by atoms with Crippen molar-refractivity contribution in [3.05, 3.63) is 53.5 Å². The van der Waals surface area contributed by atoms with Gasteiger partial charge in [-0.1, -0.05) is 12.1 Å². The van der Waals surface area contributed by atoms with Crippen LogP contribution in [0.25, 0.3) is 0 Å². The predicted molar refractivity (Wildman–Crippen MR) is 83.0 cm³/mol. The average Bonchev–Trinajstić information content (AvgIpc) is 2.52. The van der Waals surface area contributed by atoms with Crippen molar-refractivity contribution in [1.29, 1.82) is 0 Å². The van der Waals surface area contributed by atoms with Crippen LogP contribution >= 0.6 is 0 Å². The quantitative estimate of drug-likeness (QED) is 0.685. The first kappa shape index (κ1) is 20.1. The number of hydrogen-bond donors (Lipinski definition) is 0. The van der Waals surface area contributed by atoms with Gasteiger partial charge in [-0.25, -0.2) is 9.19 Å². The maximum absolute atomic E-state index is 12.8. The van der Waals surface area contributed by atoms with E-state index < -0.39 is 38.7 Å². The third-order valence-corrected chi connectivity index (χ3v) is 5.64. The van der Waals surface area contributed by atoms with Crippen molar-refractivity contribution in [3.8, 4) is 0 Å². The molecule has 0 N–H and O–H groups in total. The van der Waals surface area contributed by atoms with E-state index in [9.17, 15) is 30.6 Å². The summed E-state index contributed by atoms with van der Waals surface area (Å²) in [4.78, 5) is 6.60. The lowest BCUT2D eigenvalue weighted by Crippen LogP contribution is -2.11. The Morgan fingerprint density at radius 1 is 1.00 bits per heavy atom. The highest BCUT2D eigenvalue weighted by atomic mass is 32.2. The maximum Gasteiger partial charge on any atom is 0.433 e. The average molecular weight is 397 g/mol. The summed E-state index contributed by atoms with van der Waals surface area (Å²) in [5.41, 5.74) is -2.08. The molecular weight excluding hydrogens is 384 g/mol. The van der Waals surface area contributed by atoms with Gasteiger partial charge < -0.3 is 0 Å². The molecule has 2 aromatic heterocycles. The summed E-state index contributed by atoms with van der Waals surface area (Å²) in [6.45, 7) is 1.43. The van der Waals surface area contributed by atoms with Gasteiger partial charge >= 0.3 is 12.4 Å². The van der Waals surface area contributed by atoms with Gasteiger partial charge in [0, 0.05) is 12.5 Å². The predicted octanol–water partition coefficient (Wildman–Crippen LogP) is 5.00. The molecule has 0 fully saturated rings. The van der Waals surface area contributed by atoms with Gasteiger partial charge in [0.05, 0.1) is 15.0 Å². The smallest absolute Gasteiger partial charge is 0.251 e. The first-order chi connectivity index (χ1) is 11.8. The standard InChI is InChI=1S/C15H13F6N3OS/c1-9(10-6-7-11(22-8-10)14(16,17)18)26(2,25)24-13-5-3-4-12(23-13)15(19,20)21/h3-9H,1-2H3. The molecule has 0 saturated carbocycles. The Labute approximate surface area is 145 Å². The molecule has 2 heterocycles. The van der Waals surface area contributed by atoms with Crippen molar-refractivity contribution >= 4 is 15.5 Å². The second kappa shape index (κ2) is 6.86. The molecule has 2 aromatic rings. The lowest BCUT2D eigenvalue weighted by atomic mass is 10.2. The van der Waals surface area contributed by atoms with Gasteiger partial charge in [0.15, 0.2) is 5.82 Å². The molecule has 2 unspecified atom stereocenters. The first-order valence-electron chi connectivity index (χ1n) is 7.09. The highest BCUT2D eigenvalue weighted by molar-refractivity contribution is 7.93. The summed E-state index contributed by atoms with van der Waals surface area (Å²) in [6, 6.07) is 4.84. The lowest BCUT2D eigenvalue weighted by Gasteiger charge is -2.15. The molecule has 0 radical (unpaired) electrons. The number of halogens is 6. The number of hydrogen-bond acceptors (Lipinski definition) is 4. The van der Waals surface area contributed by atoms with Gasteiger partial charge in [-0.05, 0) is 30.7 Å². The molecule has 142 valence electrons. The van der Waals surface area contributed by atoms with Gasteiger partial charge in [-0.3, -0.25) is 4.98 Å². The summed E-state index contributed by atoms with van der Waals surface area (Å²) in [7, 11) is -3.15. The number of rotatable bonds is 3. The van der Waals surface area contributed by atoms with Crippen molar-refractivity contribution in [1.82, 2.24) is 9.97 Å². The molecule has 2 atom stereocenters. The third-order valence-electron chi connectivity index (χ3n) is 3.50. The van der Waals surface area contributed by atoms with E-state index in [1.165, 1.54) is 13.2 Å². The molecule has 0 aliphatic rings. The molecule has 2 rings (SSSR count). The van der Waals surface area contributed by atoms with E-state index >= 15 is 0 Å². The van der Waals surface area contributed by atoms with Gasteiger partial charge in [0.1, 0.15) is 11.4 Å². The minimum absolute atomic E-state index is 0.209. The molecule has 0 aliphatic heterocycles. The molecule has 0 amide bonds. The van der Waals surface area contributed by atoms with Crippen molar-refractivity contribution in [2.24, 2.45) is 4.36 Å². The fourth-order valence-electron chi connectivity index (χ4n) is 1.96. The Bertz CT molecular complexity index is 899. The van der Waals surface area contributed by atoms with Crippen LogP contribution in [0, 0.1) is 0 Å². The SMILES string of the molecule is CC(c1ccc(C(F)(F)F)nc1)S(C)(=O)=Nc1cccc(C(F)(F)F)n1. The number of alkyl halides is 6. The Balaban J connectivity index is 2.37. The minimum Gasteiger partial charge on any atom is -0.251 e. The van der Waals surface area contributed by atoms with E-state index in [1.54, 1.807) is 0 Å². The Hall–Kier alpha value is -2.17. The first-order valence-corrected chi connectivity index (χ1v) is 9.08. The highest BCUT2D eigenvalue weighted by Crippen LogP contribution is 2.32. The van der Waals surface area contributed by atoms with Crippen LogP contribution in [0.4, 0.5) is 32.2 Å². The molecule has 0 aromatic carbocycles. The Morgan fingerprint density at radius 3 is 2.12 bits per heavy atom. The fourth-order valence-corrected chi connectivity index (χ4v) is 3.24.